The molecule has 8 nitrogen and oxygen atoms in total. The number of phenols is 1. The fourth-order valence-corrected chi connectivity index (χ4v) is 2.83. The summed E-state index contributed by atoms with van der Waals surface area (Å²) in [5.41, 5.74) is 2.54. The van der Waals surface area contributed by atoms with E-state index in [0.29, 0.717) is 29.6 Å². The summed E-state index contributed by atoms with van der Waals surface area (Å²) in [6.45, 7) is 0.0397. The third-order valence-corrected chi connectivity index (χ3v) is 4.06. The van der Waals surface area contributed by atoms with Crippen molar-refractivity contribution in [1.82, 2.24) is 9.97 Å². The maximum atomic E-state index is 11.1. The summed E-state index contributed by atoms with van der Waals surface area (Å²) in [4.78, 5) is 8.73. The molecule has 2 aromatic carbocycles. The van der Waals surface area contributed by atoms with Crippen LogP contribution in [0.1, 0.15) is 12.0 Å². The van der Waals surface area contributed by atoms with E-state index in [1.165, 1.54) is 6.07 Å². The predicted molar refractivity (Wildman–Crippen MR) is 98.9 cm³/mol. The molecule has 1 aromatic heterocycles. The second kappa shape index (κ2) is 8.09. The van der Waals surface area contributed by atoms with Gasteiger partial charge in [-0.2, -0.15) is 0 Å². The number of aliphatic hydroxyl groups excluding tert-OH is 1. The number of para-hydroxylation sites is 2. The van der Waals surface area contributed by atoms with Gasteiger partial charge in [0.2, 0.25) is 0 Å². The van der Waals surface area contributed by atoms with Crippen LogP contribution in [0.3, 0.4) is 0 Å². The SMILES string of the molecule is O=S([O-])Nc1nc2ccccc2nc1Nc1cc(O)ccc1CCCO. The summed E-state index contributed by atoms with van der Waals surface area (Å²) in [5, 5.41) is 21.9. The molecular weight excluding hydrogens is 356 g/mol. The Morgan fingerprint density at radius 3 is 2.42 bits per heavy atom. The van der Waals surface area contributed by atoms with E-state index in [-0.39, 0.29) is 24.0 Å². The van der Waals surface area contributed by atoms with Crippen LogP contribution in [0.4, 0.5) is 17.3 Å². The van der Waals surface area contributed by atoms with E-state index in [4.69, 9.17) is 5.11 Å². The molecule has 0 radical (unpaired) electrons. The molecule has 0 amide bonds. The summed E-state index contributed by atoms with van der Waals surface area (Å²) >= 11 is -2.57. The lowest BCUT2D eigenvalue weighted by atomic mass is 10.1. The van der Waals surface area contributed by atoms with Crippen LogP contribution in [-0.2, 0) is 17.7 Å². The lowest BCUT2D eigenvalue weighted by molar-refractivity contribution is 0.288. The average molecular weight is 373 g/mol. The number of hydrogen-bond donors (Lipinski definition) is 4. The highest BCUT2D eigenvalue weighted by molar-refractivity contribution is 7.80. The molecule has 0 saturated carbocycles. The lowest BCUT2D eigenvalue weighted by Crippen LogP contribution is -2.09. The Labute approximate surface area is 152 Å². The van der Waals surface area contributed by atoms with Crippen LogP contribution in [-0.4, -0.2) is 35.5 Å². The average Bonchev–Trinajstić information content (AvgIpc) is 2.61. The number of fused-ring (bicyclic) bond motifs is 1. The summed E-state index contributed by atoms with van der Waals surface area (Å²) in [6, 6.07) is 11.9. The normalized spacial score (nSPS) is 12.1. The first kappa shape index (κ1) is 18.1. The minimum Gasteiger partial charge on any atom is -0.755 e. The van der Waals surface area contributed by atoms with Gasteiger partial charge in [-0.1, -0.05) is 18.2 Å². The molecule has 26 heavy (non-hydrogen) atoms. The number of phenolic OH excluding ortho intramolecular Hbond substituents is 1. The van der Waals surface area contributed by atoms with Crippen LogP contribution in [0, 0.1) is 0 Å². The Kier molecular flexibility index (Phi) is 5.61. The minimum absolute atomic E-state index is 0.0397. The summed E-state index contributed by atoms with van der Waals surface area (Å²) in [5.74, 6) is 0.313. The number of rotatable bonds is 7. The van der Waals surface area contributed by atoms with E-state index < -0.39 is 11.3 Å². The number of hydrogen-bond acceptors (Lipinski definition) is 7. The van der Waals surface area contributed by atoms with Gasteiger partial charge < -0.3 is 20.1 Å². The number of aliphatic hydroxyl groups is 1. The third-order valence-electron chi connectivity index (χ3n) is 3.70. The minimum atomic E-state index is -2.57. The van der Waals surface area contributed by atoms with Gasteiger partial charge in [-0.3, -0.25) is 8.93 Å². The largest absolute Gasteiger partial charge is 0.755 e. The standard InChI is InChI=1S/C17H18N4O4S/c22-9-3-4-11-7-8-12(23)10-15(11)20-16-17(21-26(24)25)19-14-6-2-1-5-13(14)18-16/h1-2,5-8,10,22-23H,3-4,9H2,(H,18,20)(H,19,21)(H,24,25)/p-1. The van der Waals surface area contributed by atoms with E-state index >= 15 is 0 Å². The predicted octanol–water partition coefficient (Wildman–Crippen LogP) is 2.21. The Bertz CT molecular complexity index is 951. The maximum absolute atomic E-state index is 11.1. The molecule has 0 aliphatic carbocycles. The number of aromatic nitrogens is 2. The molecule has 9 heteroatoms. The summed E-state index contributed by atoms with van der Waals surface area (Å²) < 4.78 is 24.4. The highest BCUT2D eigenvalue weighted by Gasteiger charge is 2.12. The van der Waals surface area contributed by atoms with E-state index in [1.54, 1.807) is 36.4 Å². The number of benzene rings is 2. The van der Waals surface area contributed by atoms with Gasteiger partial charge in [0.05, 0.1) is 11.0 Å². The highest BCUT2D eigenvalue weighted by atomic mass is 32.2. The van der Waals surface area contributed by atoms with Gasteiger partial charge >= 0.3 is 0 Å². The molecule has 0 fully saturated rings. The first-order chi connectivity index (χ1) is 12.6. The third kappa shape index (κ3) is 4.26. The first-order valence-corrected chi connectivity index (χ1v) is 8.97. The number of anilines is 3. The number of aryl methyl sites for hydroxylation is 1. The molecule has 136 valence electrons. The van der Waals surface area contributed by atoms with Crippen molar-refractivity contribution in [2.45, 2.75) is 12.8 Å². The smallest absolute Gasteiger partial charge is 0.181 e. The van der Waals surface area contributed by atoms with Crippen molar-refractivity contribution in [2.75, 3.05) is 16.6 Å². The maximum Gasteiger partial charge on any atom is 0.181 e. The molecule has 0 spiro atoms. The molecule has 4 N–H and O–H groups in total. The van der Waals surface area contributed by atoms with Crippen molar-refractivity contribution in [3.8, 4) is 5.75 Å². The van der Waals surface area contributed by atoms with Crippen molar-refractivity contribution in [2.24, 2.45) is 0 Å². The van der Waals surface area contributed by atoms with Gasteiger partial charge in [-0.05, 0) is 36.6 Å². The van der Waals surface area contributed by atoms with Gasteiger partial charge in [0.15, 0.2) is 11.6 Å². The Balaban J connectivity index is 2.04. The monoisotopic (exact) mass is 373 g/mol. The quantitative estimate of drug-likeness (QED) is 0.467. The van der Waals surface area contributed by atoms with Crippen LogP contribution in [0.15, 0.2) is 42.5 Å². The fraction of sp³-hybridized carbons (Fsp3) is 0.176. The molecule has 1 atom stereocenters. The fourth-order valence-electron chi connectivity index (χ4n) is 2.53. The molecule has 3 aromatic rings. The van der Waals surface area contributed by atoms with Gasteiger partial charge in [0, 0.05) is 29.6 Å². The van der Waals surface area contributed by atoms with Gasteiger partial charge in [0.1, 0.15) is 5.75 Å². The second-order valence-electron chi connectivity index (χ2n) is 5.54. The van der Waals surface area contributed by atoms with Crippen LogP contribution < -0.4 is 10.0 Å². The molecule has 0 aliphatic heterocycles. The van der Waals surface area contributed by atoms with Crippen molar-refractivity contribution in [1.29, 1.82) is 0 Å². The second-order valence-corrected chi connectivity index (χ2v) is 6.21. The highest BCUT2D eigenvalue weighted by Crippen LogP contribution is 2.29. The Morgan fingerprint density at radius 1 is 1.08 bits per heavy atom. The van der Waals surface area contributed by atoms with Crippen LogP contribution in [0.25, 0.3) is 11.0 Å². The van der Waals surface area contributed by atoms with Crippen molar-refractivity contribution in [3.63, 3.8) is 0 Å². The zero-order valence-electron chi connectivity index (χ0n) is 13.7. The molecular formula is C17H17N4O4S-. The number of nitrogens with zero attached hydrogens (tertiary/aromatic N) is 2. The molecule has 0 saturated heterocycles. The zero-order chi connectivity index (χ0) is 18.5. The van der Waals surface area contributed by atoms with E-state index in [9.17, 15) is 13.9 Å². The molecule has 0 aliphatic rings. The van der Waals surface area contributed by atoms with Crippen molar-refractivity contribution in [3.05, 3.63) is 48.0 Å². The van der Waals surface area contributed by atoms with Crippen LogP contribution in [0.2, 0.25) is 0 Å². The molecule has 0 bridgehead atoms. The van der Waals surface area contributed by atoms with Gasteiger partial charge in [0.25, 0.3) is 0 Å². The Hall–Kier alpha value is -2.75. The summed E-state index contributed by atoms with van der Waals surface area (Å²) in [7, 11) is 0. The van der Waals surface area contributed by atoms with Gasteiger partial charge in [-0.15, -0.1) is 0 Å². The number of aromatic hydroxyl groups is 1. The molecule has 1 unspecified atom stereocenters. The summed E-state index contributed by atoms with van der Waals surface area (Å²) in [6.07, 6.45) is 1.13. The van der Waals surface area contributed by atoms with Gasteiger partial charge in [-0.25, -0.2) is 9.97 Å². The number of nitrogens with one attached hydrogen (secondary N) is 2. The van der Waals surface area contributed by atoms with E-state index in [2.05, 4.69) is 20.0 Å². The van der Waals surface area contributed by atoms with Crippen molar-refractivity contribution < 1.29 is 19.0 Å². The first-order valence-electron chi connectivity index (χ1n) is 7.89. The van der Waals surface area contributed by atoms with E-state index in [1.807, 2.05) is 0 Å². The van der Waals surface area contributed by atoms with E-state index in [0.717, 1.165) is 5.56 Å². The van der Waals surface area contributed by atoms with Crippen molar-refractivity contribution >= 4 is 39.6 Å². The van der Waals surface area contributed by atoms with Crippen LogP contribution in [0.5, 0.6) is 5.75 Å². The molecule has 3 rings (SSSR count). The lowest BCUT2D eigenvalue weighted by Gasteiger charge is -2.16. The topological polar surface area (TPSA) is 130 Å². The zero-order valence-corrected chi connectivity index (χ0v) is 14.5. The molecule has 1 heterocycles. The Morgan fingerprint density at radius 2 is 1.77 bits per heavy atom. The van der Waals surface area contributed by atoms with Crippen LogP contribution >= 0.6 is 0 Å².